The quantitative estimate of drug-likeness (QED) is 0.709. The fourth-order valence-corrected chi connectivity index (χ4v) is 5.18. The second kappa shape index (κ2) is 6.57. The lowest BCUT2D eigenvalue weighted by Gasteiger charge is -2.63. The molecule has 0 aromatic rings. The third-order valence-corrected chi connectivity index (χ3v) is 7.82. The summed E-state index contributed by atoms with van der Waals surface area (Å²) >= 11 is 0. The number of imide groups is 1. The van der Waals surface area contributed by atoms with Gasteiger partial charge < -0.3 is 4.90 Å². The Bertz CT molecular complexity index is 551. The zero-order valence-corrected chi connectivity index (χ0v) is 17.5. The molecule has 3 amide bonds. The largest absolute Gasteiger partial charge is 0.327 e. The number of likely N-dealkylation sites (N-methyl/N-ethyl adjacent to an activating group) is 1. The first-order valence-electron chi connectivity index (χ1n) is 9.90. The minimum absolute atomic E-state index is 0.0217. The number of carbonyl (C=O) groups excluding carboxylic acids is 2. The van der Waals surface area contributed by atoms with Crippen LogP contribution in [0.5, 0.6) is 0 Å². The van der Waals surface area contributed by atoms with Crippen molar-refractivity contribution in [3.05, 3.63) is 0 Å². The molecule has 2 rings (SSSR count). The summed E-state index contributed by atoms with van der Waals surface area (Å²) < 4.78 is 0. The maximum atomic E-state index is 13.6. The fraction of sp³-hybridized carbons (Fsp3) is 0.900. The minimum Gasteiger partial charge on any atom is -0.312 e. The van der Waals surface area contributed by atoms with E-state index in [1.165, 1.54) is 4.90 Å². The predicted molar refractivity (Wildman–Crippen MR) is 101 cm³/mol. The molecule has 0 aromatic carbocycles. The molecular formula is C20H37N3O2. The zero-order chi connectivity index (χ0) is 19.2. The van der Waals surface area contributed by atoms with E-state index in [1.54, 1.807) is 4.90 Å². The number of hydrogen-bond donors (Lipinski definition) is 0. The van der Waals surface area contributed by atoms with Crippen LogP contribution in [0.1, 0.15) is 73.6 Å². The zero-order valence-electron chi connectivity index (χ0n) is 17.5. The van der Waals surface area contributed by atoms with E-state index in [1.807, 2.05) is 7.05 Å². The van der Waals surface area contributed by atoms with Crippen molar-refractivity contribution in [2.45, 2.75) is 90.3 Å². The van der Waals surface area contributed by atoms with Crippen molar-refractivity contribution in [1.82, 2.24) is 14.7 Å². The van der Waals surface area contributed by atoms with Crippen LogP contribution in [0, 0.1) is 5.92 Å². The second-order valence-electron chi connectivity index (χ2n) is 8.59. The normalized spacial score (nSPS) is 39.8. The third-order valence-electron chi connectivity index (χ3n) is 7.82. The van der Waals surface area contributed by atoms with E-state index in [4.69, 9.17) is 0 Å². The summed E-state index contributed by atoms with van der Waals surface area (Å²) in [5, 5.41) is 0. The SMILES string of the molecule is CCCCN1C(=O)N(C)C2(CC(C)(CC)N(C)C(C)(CC)C2C)C1=O. The van der Waals surface area contributed by atoms with Crippen LogP contribution in [-0.4, -0.2) is 63.9 Å². The highest BCUT2D eigenvalue weighted by Gasteiger charge is 2.68. The van der Waals surface area contributed by atoms with Crippen molar-refractivity contribution in [2.75, 3.05) is 20.6 Å². The summed E-state index contributed by atoms with van der Waals surface area (Å²) in [6.07, 6.45) is 4.45. The van der Waals surface area contributed by atoms with Crippen LogP contribution in [-0.2, 0) is 4.79 Å². The Morgan fingerprint density at radius 2 is 1.68 bits per heavy atom. The molecule has 25 heavy (non-hydrogen) atoms. The van der Waals surface area contributed by atoms with Gasteiger partial charge in [-0.2, -0.15) is 0 Å². The van der Waals surface area contributed by atoms with Crippen molar-refractivity contribution in [2.24, 2.45) is 5.92 Å². The van der Waals surface area contributed by atoms with E-state index in [0.717, 1.165) is 25.7 Å². The Hall–Kier alpha value is -1.10. The van der Waals surface area contributed by atoms with Crippen LogP contribution in [0.4, 0.5) is 4.79 Å². The summed E-state index contributed by atoms with van der Waals surface area (Å²) in [6, 6.07) is -0.119. The monoisotopic (exact) mass is 351 g/mol. The van der Waals surface area contributed by atoms with Gasteiger partial charge in [0.05, 0.1) is 0 Å². The molecular weight excluding hydrogens is 314 g/mol. The summed E-state index contributed by atoms with van der Waals surface area (Å²) in [4.78, 5) is 32.3. The molecule has 2 aliphatic rings. The molecule has 0 radical (unpaired) electrons. The molecule has 2 aliphatic heterocycles. The molecule has 2 saturated heterocycles. The average molecular weight is 352 g/mol. The number of urea groups is 1. The highest BCUT2D eigenvalue weighted by atomic mass is 16.2. The summed E-state index contributed by atoms with van der Waals surface area (Å²) in [6.45, 7) is 13.7. The molecule has 4 atom stereocenters. The van der Waals surface area contributed by atoms with E-state index in [-0.39, 0.29) is 28.9 Å². The Morgan fingerprint density at radius 3 is 2.16 bits per heavy atom. The Labute approximate surface area is 153 Å². The number of unbranched alkanes of at least 4 members (excludes halogenated alkanes) is 1. The van der Waals surface area contributed by atoms with Crippen LogP contribution in [0.3, 0.4) is 0 Å². The molecule has 0 bridgehead atoms. The Balaban J connectivity index is 2.57. The van der Waals surface area contributed by atoms with Crippen molar-refractivity contribution in [3.8, 4) is 0 Å². The van der Waals surface area contributed by atoms with Gasteiger partial charge in [0, 0.05) is 30.6 Å². The van der Waals surface area contributed by atoms with Gasteiger partial charge >= 0.3 is 6.03 Å². The summed E-state index contributed by atoms with van der Waals surface area (Å²) in [7, 11) is 4.02. The van der Waals surface area contributed by atoms with Gasteiger partial charge in [-0.1, -0.05) is 34.1 Å². The smallest absolute Gasteiger partial charge is 0.312 e. The van der Waals surface area contributed by atoms with Crippen molar-refractivity contribution >= 4 is 11.9 Å². The lowest BCUT2D eigenvalue weighted by atomic mass is 9.59. The number of carbonyl (C=O) groups is 2. The number of piperidine rings is 1. The number of nitrogens with zero attached hydrogens (tertiary/aromatic N) is 3. The molecule has 0 saturated carbocycles. The van der Waals surface area contributed by atoms with Crippen molar-refractivity contribution < 1.29 is 9.59 Å². The highest BCUT2D eigenvalue weighted by Crippen LogP contribution is 2.53. The average Bonchev–Trinajstić information content (AvgIpc) is 2.78. The molecule has 0 N–H and O–H groups in total. The standard InChI is InChI=1S/C20H37N3O2/c1-9-12-13-23-16(24)20(21(7)17(23)25)14-18(5,10-2)22(8)19(6,11-3)15(20)4/h15H,9-14H2,1-8H3. The van der Waals surface area contributed by atoms with Crippen LogP contribution in [0.2, 0.25) is 0 Å². The van der Waals surface area contributed by atoms with Crippen molar-refractivity contribution in [3.63, 3.8) is 0 Å². The van der Waals surface area contributed by atoms with Crippen LogP contribution in [0.15, 0.2) is 0 Å². The van der Waals surface area contributed by atoms with Gasteiger partial charge in [0.2, 0.25) is 0 Å². The van der Waals surface area contributed by atoms with Crippen LogP contribution >= 0.6 is 0 Å². The van der Waals surface area contributed by atoms with Gasteiger partial charge in [0.1, 0.15) is 5.54 Å². The third kappa shape index (κ3) is 2.53. The van der Waals surface area contributed by atoms with Crippen LogP contribution in [0.25, 0.3) is 0 Å². The molecule has 4 unspecified atom stereocenters. The maximum Gasteiger partial charge on any atom is 0.327 e. The van der Waals surface area contributed by atoms with Gasteiger partial charge in [-0.3, -0.25) is 14.6 Å². The molecule has 2 heterocycles. The fourth-order valence-electron chi connectivity index (χ4n) is 5.18. The molecule has 0 aromatic heterocycles. The minimum atomic E-state index is -0.729. The predicted octanol–water partition coefficient (Wildman–Crippen LogP) is 3.73. The molecule has 2 fully saturated rings. The van der Waals surface area contributed by atoms with E-state index in [2.05, 4.69) is 53.5 Å². The van der Waals surface area contributed by atoms with Gasteiger partial charge in [0.25, 0.3) is 5.91 Å². The first-order valence-corrected chi connectivity index (χ1v) is 9.90. The summed E-state index contributed by atoms with van der Waals surface area (Å²) in [5.74, 6) is 0.0936. The van der Waals surface area contributed by atoms with Gasteiger partial charge in [0.15, 0.2) is 0 Å². The van der Waals surface area contributed by atoms with E-state index in [0.29, 0.717) is 13.0 Å². The first-order chi connectivity index (χ1) is 11.6. The number of rotatable bonds is 5. The van der Waals surface area contributed by atoms with E-state index < -0.39 is 5.54 Å². The first kappa shape index (κ1) is 20.2. The van der Waals surface area contributed by atoms with E-state index in [9.17, 15) is 9.59 Å². The molecule has 5 nitrogen and oxygen atoms in total. The number of hydrogen-bond acceptors (Lipinski definition) is 3. The van der Waals surface area contributed by atoms with Gasteiger partial charge in [-0.05, 0) is 46.6 Å². The van der Waals surface area contributed by atoms with E-state index >= 15 is 0 Å². The molecule has 0 aliphatic carbocycles. The molecule has 5 heteroatoms. The number of likely N-dealkylation sites (tertiary alicyclic amines) is 1. The lowest BCUT2D eigenvalue weighted by molar-refractivity contribution is -0.160. The summed E-state index contributed by atoms with van der Waals surface area (Å²) in [5.41, 5.74) is -0.969. The topological polar surface area (TPSA) is 43.9 Å². The number of amides is 3. The van der Waals surface area contributed by atoms with Crippen LogP contribution < -0.4 is 0 Å². The Morgan fingerprint density at radius 1 is 1.08 bits per heavy atom. The van der Waals surface area contributed by atoms with Gasteiger partial charge in [-0.15, -0.1) is 0 Å². The maximum absolute atomic E-state index is 13.6. The highest BCUT2D eigenvalue weighted by molar-refractivity contribution is 6.07. The molecule has 1 spiro atoms. The lowest BCUT2D eigenvalue weighted by Crippen LogP contribution is -2.74. The van der Waals surface area contributed by atoms with Gasteiger partial charge in [-0.25, -0.2) is 4.79 Å². The second-order valence-corrected chi connectivity index (χ2v) is 8.59. The van der Waals surface area contributed by atoms with Crippen molar-refractivity contribution in [1.29, 1.82) is 0 Å². The molecule has 144 valence electrons. The Kier molecular flexibility index (Phi) is 5.31.